The van der Waals surface area contributed by atoms with E-state index in [9.17, 15) is 19.2 Å². The lowest BCUT2D eigenvalue weighted by Gasteiger charge is -2.45. The molecule has 24 heavy (non-hydrogen) atoms. The molecule has 0 aromatic heterocycles. The van der Waals surface area contributed by atoms with Crippen LogP contribution in [-0.4, -0.2) is 76.7 Å². The average Bonchev–Trinajstić information content (AvgIpc) is 2.95. The smallest absolute Gasteiger partial charge is 0.261 e. The predicted octanol–water partition coefficient (Wildman–Crippen LogP) is -0.423. The SMILES string of the molecule is CC(=O)CCN1O[C@@H]2C(=O)N(C)C(=O)[C@@H]2C12CCN(C(C)=O)CC2. The maximum Gasteiger partial charge on any atom is 0.261 e. The topological polar surface area (TPSA) is 87.2 Å². The van der Waals surface area contributed by atoms with E-state index in [1.807, 2.05) is 0 Å². The summed E-state index contributed by atoms with van der Waals surface area (Å²) in [5.74, 6) is -1.09. The minimum atomic E-state index is -0.807. The third kappa shape index (κ3) is 2.44. The van der Waals surface area contributed by atoms with Crippen LogP contribution in [0.5, 0.6) is 0 Å². The fraction of sp³-hybridized carbons (Fsp3) is 0.750. The van der Waals surface area contributed by atoms with Crippen molar-refractivity contribution in [2.45, 2.75) is 44.8 Å². The number of likely N-dealkylation sites (N-methyl/N-ethyl adjacent to an activating group) is 1. The molecule has 0 radical (unpaired) electrons. The lowest BCUT2D eigenvalue weighted by molar-refractivity contribution is -0.203. The van der Waals surface area contributed by atoms with Crippen LogP contribution >= 0.6 is 0 Å². The number of piperidine rings is 1. The lowest BCUT2D eigenvalue weighted by atomic mass is 9.75. The fourth-order valence-electron chi connectivity index (χ4n) is 4.10. The fourth-order valence-corrected chi connectivity index (χ4v) is 4.10. The van der Waals surface area contributed by atoms with Crippen LogP contribution in [0, 0.1) is 5.92 Å². The molecule has 0 bridgehead atoms. The molecular weight excluding hydrogens is 314 g/mol. The number of rotatable bonds is 3. The van der Waals surface area contributed by atoms with Gasteiger partial charge in [0.05, 0.1) is 11.5 Å². The van der Waals surface area contributed by atoms with Crippen LogP contribution in [0.15, 0.2) is 0 Å². The number of carbonyl (C=O) groups is 4. The Morgan fingerprint density at radius 2 is 1.79 bits per heavy atom. The van der Waals surface area contributed by atoms with Gasteiger partial charge >= 0.3 is 0 Å². The number of likely N-dealkylation sites (tertiary alicyclic amines) is 2. The third-order valence-corrected chi connectivity index (χ3v) is 5.53. The van der Waals surface area contributed by atoms with Gasteiger partial charge in [-0.05, 0) is 19.8 Å². The number of Topliss-reactive ketones (excluding diaryl/α,β-unsaturated/α-hetero) is 1. The first kappa shape index (κ1) is 17.0. The molecule has 3 aliphatic heterocycles. The van der Waals surface area contributed by atoms with Gasteiger partial charge in [0.15, 0.2) is 6.10 Å². The number of fused-ring (bicyclic) bond motifs is 2. The molecule has 3 heterocycles. The monoisotopic (exact) mass is 337 g/mol. The zero-order chi connectivity index (χ0) is 17.6. The number of amides is 3. The maximum atomic E-state index is 12.6. The van der Waals surface area contributed by atoms with Gasteiger partial charge in [0.1, 0.15) is 5.78 Å². The van der Waals surface area contributed by atoms with E-state index in [0.717, 1.165) is 4.90 Å². The number of imide groups is 1. The van der Waals surface area contributed by atoms with E-state index < -0.39 is 17.6 Å². The van der Waals surface area contributed by atoms with Crippen molar-refractivity contribution in [2.75, 3.05) is 26.7 Å². The molecule has 0 saturated carbocycles. The molecule has 2 atom stereocenters. The highest BCUT2D eigenvalue weighted by molar-refractivity contribution is 6.07. The molecule has 0 aromatic carbocycles. The van der Waals surface area contributed by atoms with Gasteiger partial charge in [-0.2, -0.15) is 5.06 Å². The molecule has 3 amide bonds. The van der Waals surface area contributed by atoms with Crippen molar-refractivity contribution in [3.05, 3.63) is 0 Å². The molecule has 0 N–H and O–H groups in total. The molecule has 3 aliphatic rings. The van der Waals surface area contributed by atoms with Gasteiger partial charge < -0.3 is 4.90 Å². The van der Waals surface area contributed by atoms with Crippen LogP contribution in [0.2, 0.25) is 0 Å². The van der Waals surface area contributed by atoms with Gasteiger partial charge in [0.25, 0.3) is 5.91 Å². The molecule has 8 heteroatoms. The molecule has 1 spiro atoms. The van der Waals surface area contributed by atoms with Crippen molar-refractivity contribution < 1.29 is 24.0 Å². The molecule has 3 rings (SSSR count). The third-order valence-electron chi connectivity index (χ3n) is 5.53. The predicted molar refractivity (Wildman–Crippen MR) is 82.4 cm³/mol. The summed E-state index contributed by atoms with van der Waals surface area (Å²) >= 11 is 0. The number of hydroxylamine groups is 2. The minimum Gasteiger partial charge on any atom is -0.343 e. The van der Waals surface area contributed by atoms with Gasteiger partial charge in [-0.15, -0.1) is 0 Å². The molecule has 8 nitrogen and oxygen atoms in total. The van der Waals surface area contributed by atoms with Crippen LogP contribution in [-0.2, 0) is 24.0 Å². The largest absolute Gasteiger partial charge is 0.343 e. The van der Waals surface area contributed by atoms with Crippen molar-refractivity contribution in [3.63, 3.8) is 0 Å². The van der Waals surface area contributed by atoms with Crippen molar-refractivity contribution in [3.8, 4) is 0 Å². The highest BCUT2D eigenvalue weighted by Gasteiger charge is 2.66. The van der Waals surface area contributed by atoms with E-state index >= 15 is 0 Å². The summed E-state index contributed by atoms with van der Waals surface area (Å²) in [5, 5.41) is 1.68. The standard InChI is InChI=1S/C16H23N3O5/c1-10(20)4-7-19-16(5-8-18(9-6-16)11(2)21)12-13(24-19)15(23)17(3)14(12)22/h12-13H,4-9H2,1-3H3/t12-,13+/m1/s1. The number of hydrogen-bond donors (Lipinski definition) is 0. The minimum absolute atomic E-state index is 0.00143. The molecule has 132 valence electrons. The zero-order valence-electron chi connectivity index (χ0n) is 14.3. The summed E-state index contributed by atoms with van der Waals surface area (Å²) in [6, 6.07) is 0. The molecule has 3 saturated heterocycles. The second-order valence-corrected chi connectivity index (χ2v) is 6.90. The van der Waals surface area contributed by atoms with E-state index in [0.29, 0.717) is 38.9 Å². The van der Waals surface area contributed by atoms with Crippen LogP contribution in [0.1, 0.15) is 33.1 Å². The van der Waals surface area contributed by atoms with Crippen LogP contribution in [0.3, 0.4) is 0 Å². The first-order chi connectivity index (χ1) is 11.3. The highest BCUT2D eigenvalue weighted by atomic mass is 16.7. The van der Waals surface area contributed by atoms with E-state index in [1.165, 1.54) is 20.9 Å². The van der Waals surface area contributed by atoms with Crippen molar-refractivity contribution >= 4 is 23.5 Å². The highest BCUT2D eigenvalue weighted by Crippen LogP contribution is 2.48. The first-order valence-corrected chi connectivity index (χ1v) is 8.29. The zero-order valence-corrected chi connectivity index (χ0v) is 14.3. The summed E-state index contributed by atoms with van der Waals surface area (Å²) in [6.07, 6.45) is 0.602. The van der Waals surface area contributed by atoms with E-state index in [1.54, 1.807) is 9.96 Å². The summed E-state index contributed by atoms with van der Waals surface area (Å²) in [4.78, 5) is 56.6. The van der Waals surface area contributed by atoms with Gasteiger partial charge in [-0.25, -0.2) is 0 Å². The quantitative estimate of drug-likeness (QED) is 0.650. The number of carbonyl (C=O) groups excluding carboxylic acids is 4. The van der Waals surface area contributed by atoms with Crippen LogP contribution in [0.4, 0.5) is 0 Å². The Labute approximate surface area is 140 Å². The summed E-state index contributed by atoms with van der Waals surface area (Å²) in [5.41, 5.74) is -0.621. The van der Waals surface area contributed by atoms with Gasteiger partial charge in [0, 0.05) is 40.0 Å². The van der Waals surface area contributed by atoms with Crippen molar-refractivity contribution in [2.24, 2.45) is 5.92 Å². The van der Waals surface area contributed by atoms with Crippen molar-refractivity contribution in [1.82, 2.24) is 14.9 Å². The number of ketones is 1. The Bertz CT molecular complexity index is 597. The molecule has 0 aromatic rings. The normalized spacial score (nSPS) is 29.5. The summed E-state index contributed by atoms with van der Waals surface area (Å²) < 4.78 is 0. The maximum absolute atomic E-state index is 12.6. The van der Waals surface area contributed by atoms with E-state index in [4.69, 9.17) is 4.84 Å². The second-order valence-electron chi connectivity index (χ2n) is 6.90. The lowest BCUT2D eigenvalue weighted by Crippen LogP contribution is -2.58. The Morgan fingerprint density at radius 3 is 2.33 bits per heavy atom. The molecule has 0 aliphatic carbocycles. The van der Waals surface area contributed by atoms with E-state index in [-0.39, 0.29) is 23.5 Å². The molecule has 0 unspecified atom stereocenters. The Balaban J connectivity index is 1.88. The van der Waals surface area contributed by atoms with E-state index in [2.05, 4.69) is 0 Å². The number of nitrogens with zero attached hydrogens (tertiary/aromatic N) is 3. The first-order valence-electron chi connectivity index (χ1n) is 8.29. The number of hydrogen-bond acceptors (Lipinski definition) is 6. The van der Waals surface area contributed by atoms with Crippen LogP contribution < -0.4 is 0 Å². The average molecular weight is 337 g/mol. The Kier molecular flexibility index (Phi) is 4.21. The van der Waals surface area contributed by atoms with Gasteiger partial charge in [-0.3, -0.25) is 28.9 Å². The second kappa shape index (κ2) is 5.93. The molecule has 3 fully saturated rings. The molecular formula is C16H23N3O5. The van der Waals surface area contributed by atoms with Crippen molar-refractivity contribution in [1.29, 1.82) is 0 Å². The summed E-state index contributed by atoms with van der Waals surface area (Å²) in [6.45, 7) is 4.42. The summed E-state index contributed by atoms with van der Waals surface area (Å²) in [7, 11) is 1.48. The Hall–Kier alpha value is -1.80. The Morgan fingerprint density at radius 1 is 1.17 bits per heavy atom. The van der Waals surface area contributed by atoms with Crippen LogP contribution in [0.25, 0.3) is 0 Å². The van der Waals surface area contributed by atoms with Gasteiger partial charge in [0.2, 0.25) is 11.8 Å². The van der Waals surface area contributed by atoms with Gasteiger partial charge in [-0.1, -0.05) is 0 Å².